The predicted octanol–water partition coefficient (Wildman–Crippen LogP) is 3.35. The highest BCUT2D eigenvalue weighted by atomic mass is 19.1. The normalized spacial score (nSPS) is 10.5. The molecule has 5 heteroatoms. The van der Waals surface area contributed by atoms with Crippen LogP contribution in [0.3, 0.4) is 0 Å². The topological polar surface area (TPSA) is 50.4 Å². The first-order valence-corrected chi connectivity index (χ1v) is 7.27. The van der Waals surface area contributed by atoms with Gasteiger partial charge < -0.3 is 15.4 Å². The summed E-state index contributed by atoms with van der Waals surface area (Å²) in [4.78, 5) is 11.7. The van der Waals surface area contributed by atoms with Gasteiger partial charge in [-0.1, -0.05) is 30.3 Å². The minimum Gasteiger partial charge on any atom is -0.496 e. The number of ether oxygens (including phenoxy) is 1. The van der Waals surface area contributed by atoms with Crippen molar-refractivity contribution in [3.8, 4) is 5.75 Å². The number of hydrogen-bond acceptors (Lipinski definition) is 2. The van der Waals surface area contributed by atoms with Crippen molar-refractivity contribution in [2.75, 3.05) is 13.7 Å². The average molecular weight is 314 g/mol. The molecule has 0 aliphatic heterocycles. The Labute approximate surface area is 135 Å². The zero-order chi connectivity index (χ0) is 16.5. The van der Waals surface area contributed by atoms with Crippen molar-refractivity contribution in [3.63, 3.8) is 0 Å². The molecule has 0 radical (unpaired) electrons. The summed E-state index contributed by atoms with van der Waals surface area (Å²) >= 11 is 0. The van der Waals surface area contributed by atoms with Gasteiger partial charge in [0.2, 0.25) is 0 Å². The van der Waals surface area contributed by atoms with Crippen molar-refractivity contribution < 1.29 is 13.9 Å². The number of benzene rings is 2. The summed E-state index contributed by atoms with van der Waals surface area (Å²) in [7, 11) is 1.60. The molecule has 0 saturated carbocycles. The van der Waals surface area contributed by atoms with Crippen LogP contribution in [-0.2, 0) is 6.42 Å². The summed E-state index contributed by atoms with van der Waals surface area (Å²) in [6.07, 6.45) is 3.88. The summed E-state index contributed by atoms with van der Waals surface area (Å²) < 4.78 is 18.2. The van der Waals surface area contributed by atoms with Gasteiger partial charge in [0.25, 0.3) is 0 Å². The van der Waals surface area contributed by atoms with Gasteiger partial charge in [-0.25, -0.2) is 9.18 Å². The highest BCUT2D eigenvalue weighted by Crippen LogP contribution is 2.18. The zero-order valence-electron chi connectivity index (χ0n) is 12.9. The number of urea groups is 1. The Hall–Kier alpha value is -2.82. The van der Waals surface area contributed by atoms with Gasteiger partial charge >= 0.3 is 6.03 Å². The van der Waals surface area contributed by atoms with Crippen LogP contribution in [0.25, 0.3) is 6.08 Å². The third kappa shape index (κ3) is 5.47. The number of carbonyl (C=O) groups is 1. The molecular weight excluding hydrogens is 295 g/mol. The molecule has 120 valence electrons. The number of halogens is 1. The fourth-order valence-electron chi connectivity index (χ4n) is 2.08. The number of amides is 2. The Morgan fingerprint density at radius 3 is 2.83 bits per heavy atom. The number of rotatable bonds is 6. The van der Waals surface area contributed by atoms with Crippen molar-refractivity contribution in [1.82, 2.24) is 10.6 Å². The van der Waals surface area contributed by atoms with Crippen molar-refractivity contribution >= 4 is 12.1 Å². The van der Waals surface area contributed by atoms with Crippen molar-refractivity contribution in [1.29, 1.82) is 0 Å². The Morgan fingerprint density at radius 1 is 1.22 bits per heavy atom. The zero-order valence-corrected chi connectivity index (χ0v) is 12.9. The SMILES string of the molecule is COc1ccccc1/C=C/NC(=O)NCCc1cccc(F)c1. The first-order chi connectivity index (χ1) is 11.2. The van der Waals surface area contributed by atoms with Gasteiger partial charge in [0.05, 0.1) is 7.11 Å². The van der Waals surface area contributed by atoms with Crippen molar-refractivity contribution in [3.05, 3.63) is 71.7 Å². The fraction of sp³-hybridized carbons (Fsp3) is 0.167. The molecule has 0 bridgehead atoms. The monoisotopic (exact) mass is 314 g/mol. The largest absolute Gasteiger partial charge is 0.496 e. The number of carbonyl (C=O) groups excluding carboxylic acids is 1. The summed E-state index contributed by atoms with van der Waals surface area (Å²) in [6.45, 7) is 0.428. The molecule has 0 unspecified atom stereocenters. The molecule has 2 aromatic rings. The van der Waals surface area contributed by atoms with Gasteiger partial charge in [-0.3, -0.25) is 0 Å². The summed E-state index contributed by atoms with van der Waals surface area (Å²) in [5.41, 5.74) is 1.71. The molecule has 0 heterocycles. The highest BCUT2D eigenvalue weighted by molar-refractivity contribution is 5.76. The smallest absolute Gasteiger partial charge is 0.318 e. The van der Waals surface area contributed by atoms with Gasteiger partial charge in [-0.15, -0.1) is 0 Å². The summed E-state index contributed by atoms with van der Waals surface area (Å²) in [5, 5.41) is 5.33. The average Bonchev–Trinajstić information content (AvgIpc) is 2.55. The van der Waals surface area contributed by atoms with E-state index in [1.54, 1.807) is 25.5 Å². The van der Waals surface area contributed by atoms with E-state index in [9.17, 15) is 9.18 Å². The third-order valence-corrected chi connectivity index (χ3v) is 3.20. The van der Waals surface area contributed by atoms with E-state index in [1.165, 1.54) is 12.1 Å². The molecule has 23 heavy (non-hydrogen) atoms. The predicted molar refractivity (Wildman–Crippen MR) is 88.7 cm³/mol. The molecule has 2 N–H and O–H groups in total. The molecule has 0 fully saturated rings. The maximum absolute atomic E-state index is 13.0. The number of hydrogen-bond donors (Lipinski definition) is 2. The van der Waals surface area contributed by atoms with Crippen LogP contribution in [0.15, 0.2) is 54.7 Å². The lowest BCUT2D eigenvalue weighted by Crippen LogP contribution is -2.33. The van der Waals surface area contributed by atoms with Crippen LogP contribution < -0.4 is 15.4 Å². The van der Waals surface area contributed by atoms with Gasteiger partial charge in [0.15, 0.2) is 0 Å². The Balaban J connectivity index is 1.75. The molecule has 2 aromatic carbocycles. The summed E-state index contributed by atoms with van der Waals surface area (Å²) in [5.74, 6) is 0.462. The van der Waals surface area contributed by atoms with E-state index in [1.807, 2.05) is 30.3 Å². The maximum Gasteiger partial charge on any atom is 0.318 e. The second kappa shape index (κ2) is 8.58. The molecule has 0 aliphatic carbocycles. The van der Waals surface area contributed by atoms with Crippen molar-refractivity contribution in [2.45, 2.75) is 6.42 Å². The second-order valence-electron chi connectivity index (χ2n) is 4.86. The lowest BCUT2D eigenvalue weighted by Gasteiger charge is -2.06. The lowest BCUT2D eigenvalue weighted by molar-refractivity contribution is 0.244. The Bertz CT molecular complexity index is 686. The molecule has 0 atom stereocenters. The van der Waals surface area contributed by atoms with E-state index < -0.39 is 0 Å². The van der Waals surface area contributed by atoms with Crippen LogP contribution >= 0.6 is 0 Å². The molecule has 0 spiro atoms. The van der Waals surface area contributed by atoms with Gasteiger partial charge in [0.1, 0.15) is 11.6 Å². The van der Waals surface area contributed by atoms with Gasteiger partial charge in [-0.05, 0) is 36.3 Å². The Morgan fingerprint density at radius 2 is 2.04 bits per heavy atom. The second-order valence-corrected chi connectivity index (χ2v) is 4.86. The van der Waals surface area contributed by atoms with Crippen LogP contribution in [0.5, 0.6) is 5.75 Å². The van der Waals surface area contributed by atoms with E-state index in [2.05, 4.69) is 10.6 Å². The molecule has 2 amide bonds. The van der Waals surface area contributed by atoms with E-state index in [-0.39, 0.29) is 11.8 Å². The standard InChI is InChI=1S/C18H19FN2O2/c1-23-17-8-3-2-6-15(17)10-12-21-18(22)20-11-9-14-5-4-7-16(19)13-14/h2-8,10,12-13H,9,11H2,1H3,(H2,20,21,22)/b12-10+. The minimum absolute atomic E-state index is 0.272. The minimum atomic E-state index is -0.312. The molecule has 4 nitrogen and oxygen atoms in total. The van der Waals surface area contributed by atoms with E-state index in [0.29, 0.717) is 13.0 Å². The van der Waals surface area contributed by atoms with Crippen LogP contribution in [-0.4, -0.2) is 19.7 Å². The molecular formula is C18H19FN2O2. The Kier molecular flexibility index (Phi) is 6.17. The van der Waals surface area contributed by atoms with Gasteiger partial charge in [-0.2, -0.15) is 0 Å². The van der Waals surface area contributed by atoms with Gasteiger partial charge in [0, 0.05) is 18.3 Å². The van der Waals surface area contributed by atoms with Crippen molar-refractivity contribution in [2.24, 2.45) is 0 Å². The van der Waals surface area contributed by atoms with E-state index >= 15 is 0 Å². The van der Waals surface area contributed by atoms with E-state index in [4.69, 9.17) is 4.74 Å². The molecule has 0 aliphatic rings. The number of nitrogens with one attached hydrogen (secondary N) is 2. The molecule has 0 aromatic heterocycles. The first kappa shape index (κ1) is 16.5. The number of para-hydroxylation sites is 1. The van der Waals surface area contributed by atoms with E-state index in [0.717, 1.165) is 16.9 Å². The molecule has 0 saturated heterocycles. The lowest BCUT2D eigenvalue weighted by atomic mass is 10.1. The van der Waals surface area contributed by atoms with Crippen LogP contribution in [0.4, 0.5) is 9.18 Å². The first-order valence-electron chi connectivity index (χ1n) is 7.27. The van der Waals surface area contributed by atoms with Crippen LogP contribution in [0.1, 0.15) is 11.1 Å². The quantitative estimate of drug-likeness (QED) is 0.859. The van der Waals surface area contributed by atoms with Crippen LogP contribution in [0.2, 0.25) is 0 Å². The third-order valence-electron chi connectivity index (χ3n) is 3.20. The number of methoxy groups -OCH3 is 1. The maximum atomic E-state index is 13.0. The molecule has 2 rings (SSSR count). The summed E-state index contributed by atoms with van der Waals surface area (Å²) in [6, 6.07) is 13.5. The fourth-order valence-corrected chi connectivity index (χ4v) is 2.08. The van der Waals surface area contributed by atoms with Crippen LogP contribution in [0, 0.1) is 5.82 Å². The highest BCUT2D eigenvalue weighted by Gasteiger charge is 2.00.